The Kier molecular flexibility index (Phi) is 7.18. The van der Waals surface area contributed by atoms with Crippen LogP contribution in [0, 0.1) is 0 Å². The number of nitrogens with one attached hydrogen (secondary N) is 1. The fourth-order valence-corrected chi connectivity index (χ4v) is 4.26. The van der Waals surface area contributed by atoms with Gasteiger partial charge in [-0.25, -0.2) is 0 Å². The summed E-state index contributed by atoms with van der Waals surface area (Å²) in [5, 5.41) is 4.86. The van der Waals surface area contributed by atoms with Crippen molar-refractivity contribution in [3.05, 3.63) is 57.8 Å². The molecule has 0 aliphatic carbocycles. The van der Waals surface area contributed by atoms with E-state index in [1.165, 1.54) is 36.2 Å². The number of piperidine rings is 1. The van der Waals surface area contributed by atoms with Gasteiger partial charge in [0.2, 0.25) is 5.91 Å². The Morgan fingerprint density at radius 3 is 2.67 bits per heavy atom. The first-order valence-corrected chi connectivity index (χ1v) is 10.7. The quantitative estimate of drug-likeness (QED) is 0.686. The largest absolute Gasteiger partial charge is 0.352 e. The van der Waals surface area contributed by atoms with E-state index in [0.29, 0.717) is 12.6 Å². The number of likely N-dealkylation sites (tertiary alicyclic amines) is 1. The highest BCUT2D eigenvalue weighted by atomic mass is 32.1. The van der Waals surface area contributed by atoms with Crippen molar-refractivity contribution in [2.75, 3.05) is 6.54 Å². The van der Waals surface area contributed by atoms with Gasteiger partial charge in [0.05, 0.1) is 4.88 Å². The van der Waals surface area contributed by atoms with Crippen LogP contribution in [0.2, 0.25) is 0 Å². The highest BCUT2D eigenvalue weighted by molar-refractivity contribution is 7.12. The summed E-state index contributed by atoms with van der Waals surface area (Å²) in [4.78, 5) is 27.4. The molecule has 27 heavy (non-hydrogen) atoms. The van der Waals surface area contributed by atoms with Crippen LogP contribution in [0.25, 0.3) is 0 Å². The molecule has 1 saturated heterocycles. The van der Waals surface area contributed by atoms with E-state index < -0.39 is 0 Å². The van der Waals surface area contributed by atoms with Crippen molar-refractivity contribution >= 4 is 23.0 Å². The van der Waals surface area contributed by atoms with Crippen LogP contribution < -0.4 is 5.32 Å². The molecule has 1 aliphatic rings. The zero-order valence-corrected chi connectivity index (χ0v) is 16.8. The molecule has 1 unspecified atom stereocenters. The Morgan fingerprint density at radius 1 is 1.11 bits per heavy atom. The normalized spacial score (nSPS) is 17.6. The van der Waals surface area contributed by atoms with Crippen molar-refractivity contribution in [2.24, 2.45) is 0 Å². The summed E-state index contributed by atoms with van der Waals surface area (Å²) in [5.41, 5.74) is 2.44. The van der Waals surface area contributed by atoms with Crippen LogP contribution in [-0.4, -0.2) is 29.2 Å². The lowest BCUT2D eigenvalue weighted by molar-refractivity contribution is -0.121. The number of Topliss-reactive ketones (excluding diaryl/α,β-unsaturated/α-hetero) is 1. The average molecular weight is 385 g/mol. The Morgan fingerprint density at radius 2 is 1.93 bits per heavy atom. The van der Waals surface area contributed by atoms with Crippen molar-refractivity contribution in [2.45, 2.75) is 58.2 Å². The van der Waals surface area contributed by atoms with Gasteiger partial charge in [-0.3, -0.25) is 14.5 Å². The van der Waals surface area contributed by atoms with Crippen LogP contribution in [0.4, 0.5) is 0 Å². The summed E-state index contributed by atoms with van der Waals surface area (Å²) >= 11 is 1.43. The van der Waals surface area contributed by atoms with E-state index in [4.69, 9.17) is 0 Å². The predicted molar refractivity (Wildman–Crippen MR) is 110 cm³/mol. The number of carbonyl (C=O) groups excluding carboxylic acids is 2. The minimum Gasteiger partial charge on any atom is -0.352 e. The molecule has 0 bridgehead atoms. The van der Waals surface area contributed by atoms with Crippen molar-refractivity contribution in [3.8, 4) is 0 Å². The van der Waals surface area contributed by atoms with Crippen LogP contribution in [-0.2, 0) is 17.9 Å². The van der Waals surface area contributed by atoms with Gasteiger partial charge >= 0.3 is 0 Å². The van der Waals surface area contributed by atoms with Gasteiger partial charge < -0.3 is 5.32 Å². The molecule has 0 saturated carbocycles. The van der Waals surface area contributed by atoms with Gasteiger partial charge in [0.1, 0.15) is 0 Å². The SMILES string of the molecule is CC1CCCCN1Cc1ccccc1CNC(=O)CCC(=O)c1cccs1. The van der Waals surface area contributed by atoms with Crippen molar-refractivity contribution in [1.82, 2.24) is 10.2 Å². The summed E-state index contributed by atoms with van der Waals surface area (Å²) in [6, 6.07) is 12.6. The maximum absolute atomic E-state index is 12.2. The van der Waals surface area contributed by atoms with Crippen LogP contribution in [0.5, 0.6) is 0 Å². The van der Waals surface area contributed by atoms with Crippen LogP contribution in [0.3, 0.4) is 0 Å². The number of rotatable bonds is 8. The Labute approximate surface area is 165 Å². The van der Waals surface area contributed by atoms with E-state index in [1.54, 1.807) is 0 Å². The van der Waals surface area contributed by atoms with E-state index >= 15 is 0 Å². The summed E-state index contributed by atoms with van der Waals surface area (Å²) in [6.07, 6.45) is 4.35. The third kappa shape index (κ3) is 5.75. The number of nitrogens with zero attached hydrogens (tertiary/aromatic N) is 1. The molecule has 0 radical (unpaired) electrons. The maximum Gasteiger partial charge on any atom is 0.220 e. The highest BCUT2D eigenvalue weighted by Crippen LogP contribution is 2.21. The smallest absolute Gasteiger partial charge is 0.220 e. The van der Waals surface area contributed by atoms with Crippen molar-refractivity contribution in [1.29, 1.82) is 0 Å². The molecule has 1 atom stereocenters. The van der Waals surface area contributed by atoms with Gasteiger partial charge in [-0.15, -0.1) is 11.3 Å². The molecule has 2 aromatic rings. The molecular weight excluding hydrogens is 356 g/mol. The molecule has 1 aromatic heterocycles. The van der Waals surface area contributed by atoms with Gasteiger partial charge in [0.25, 0.3) is 0 Å². The molecule has 4 nitrogen and oxygen atoms in total. The van der Waals surface area contributed by atoms with Crippen molar-refractivity contribution < 1.29 is 9.59 Å². The van der Waals surface area contributed by atoms with E-state index in [-0.39, 0.29) is 24.5 Å². The number of ketones is 1. The molecule has 1 N–H and O–H groups in total. The summed E-state index contributed by atoms with van der Waals surface area (Å²) in [5.74, 6) is -0.0271. The van der Waals surface area contributed by atoms with Crippen LogP contribution in [0.1, 0.15) is 59.8 Å². The van der Waals surface area contributed by atoms with Crippen LogP contribution >= 0.6 is 11.3 Å². The summed E-state index contributed by atoms with van der Waals surface area (Å²) in [6.45, 7) is 4.90. The van der Waals surface area contributed by atoms with Gasteiger partial charge in [0, 0.05) is 32.0 Å². The zero-order valence-electron chi connectivity index (χ0n) is 15.9. The second-order valence-electron chi connectivity index (χ2n) is 7.26. The Balaban J connectivity index is 1.50. The van der Waals surface area contributed by atoms with Gasteiger partial charge in [0.15, 0.2) is 5.78 Å². The maximum atomic E-state index is 12.2. The molecule has 5 heteroatoms. The van der Waals surface area contributed by atoms with E-state index in [2.05, 4.69) is 35.3 Å². The fraction of sp³-hybridized carbons (Fsp3) is 0.455. The van der Waals surface area contributed by atoms with E-state index in [0.717, 1.165) is 23.5 Å². The van der Waals surface area contributed by atoms with Gasteiger partial charge in [-0.05, 0) is 48.9 Å². The fourth-order valence-electron chi connectivity index (χ4n) is 3.57. The zero-order chi connectivity index (χ0) is 19.1. The number of thiophene rings is 1. The second kappa shape index (κ2) is 9.81. The number of benzene rings is 1. The molecule has 1 aromatic carbocycles. The first kappa shape index (κ1) is 19.8. The molecule has 2 heterocycles. The first-order valence-electron chi connectivity index (χ1n) is 9.77. The average Bonchev–Trinajstić information content (AvgIpc) is 3.22. The molecule has 1 fully saturated rings. The molecule has 144 valence electrons. The number of hydrogen-bond acceptors (Lipinski definition) is 4. The van der Waals surface area contributed by atoms with Gasteiger partial charge in [-0.1, -0.05) is 36.8 Å². The lowest BCUT2D eigenvalue weighted by Gasteiger charge is -2.33. The molecule has 3 rings (SSSR count). The van der Waals surface area contributed by atoms with Crippen molar-refractivity contribution in [3.63, 3.8) is 0 Å². The lowest BCUT2D eigenvalue weighted by atomic mass is 10.0. The topological polar surface area (TPSA) is 49.4 Å². The molecule has 0 spiro atoms. The summed E-state index contributed by atoms with van der Waals surface area (Å²) in [7, 11) is 0. The lowest BCUT2D eigenvalue weighted by Crippen LogP contribution is -2.37. The monoisotopic (exact) mass is 384 g/mol. The minimum atomic E-state index is -0.0685. The number of carbonyl (C=O) groups is 2. The van der Waals surface area contributed by atoms with Crippen LogP contribution in [0.15, 0.2) is 41.8 Å². The standard InChI is InChI=1S/C22H28N2O2S/c1-17-7-4-5-13-24(17)16-19-9-3-2-8-18(19)15-23-22(26)12-11-20(25)21-10-6-14-27-21/h2-3,6,8-10,14,17H,4-5,7,11-13,15-16H2,1H3,(H,23,26). The number of hydrogen-bond donors (Lipinski definition) is 1. The molecule has 1 amide bonds. The highest BCUT2D eigenvalue weighted by Gasteiger charge is 2.19. The Bertz CT molecular complexity index is 757. The predicted octanol–water partition coefficient (Wildman–Crippen LogP) is 4.40. The third-order valence-corrected chi connectivity index (χ3v) is 6.19. The minimum absolute atomic E-state index is 0.0413. The third-order valence-electron chi connectivity index (χ3n) is 5.28. The number of amides is 1. The van der Waals surface area contributed by atoms with E-state index in [1.807, 2.05) is 23.6 Å². The molecule has 1 aliphatic heterocycles. The summed E-state index contributed by atoms with van der Waals surface area (Å²) < 4.78 is 0. The van der Waals surface area contributed by atoms with Gasteiger partial charge in [-0.2, -0.15) is 0 Å². The second-order valence-corrected chi connectivity index (χ2v) is 8.21. The Hall–Kier alpha value is -1.98. The first-order chi connectivity index (χ1) is 13.1. The molecular formula is C22H28N2O2S. The van der Waals surface area contributed by atoms with E-state index in [9.17, 15) is 9.59 Å².